The van der Waals surface area contributed by atoms with Crippen molar-refractivity contribution < 1.29 is 33.5 Å². The standard InChI is InChI=1S/C27H23N3O8/c1-4-37-25-14-17(5-12-23(25)38-27(32)18-6-9-21(35-2)10-7-18)13-19(16-28)26(31)29-22-11-8-20(30(33)34)15-24(22)36-3/h5-15H,4H2,1-3H3,(H,29,31)/b19-13+. The number of nitrogens with zero attached hydrogens (tertiary/aromatic N) is 2. The first-order chi connectivity index (χ1) is 18.3. The highest BCUT2D eigenvalue weighted by Crippen LogP contribution is 2.31. The van der Waals surface area contributed by atoms with Gasteiger partial charge >= 0.3 is 5.97 Å². The van der Waals surface area contributed by atoms with E-state index < -0.39 is 16.8 Å². The molecular weight excluding hydrogens is 494 g/mol. The highest BCUT2D eigenvalue weighted by Gasteiger charge is 2.17. The number of nitriles is 1. The van der Waals surface area contributed by atoms with E-state index in [0.717, 1.165) is 6.07 Å². The summed E-state index contributed by atoms with van der Waals surface area (Å²) in [4.78, 5) is 35.7. The largest absolute Gasteiger partial charge is 0.497 e. The van der Waals surface area contributed by atoms with Gasteiger partial charge in [-0.2, -0.15) is 5.26 Å². The van der Waals surface area contributed by atoms with Gasteiger partial charge in [0.15, 0.2) is 11.5 Å². The predicted molar refractivity (Wildman–Crippen MR) is 137 cm³/mol. The summed E-state index contributed by atoms with van der Waals surface area (Å²) < 4.78 is 21.3. The molecule has 0 atom stereocenters. The molecule has 1 amide bonds. The topological polar surface area (TPSA) is 150 Å². The Morgan fingerprint density at radius 2 is 1.74 bits per heavy atom. The zero-order valence-corrected chi connectivity index (χ0v) is 20.7. The van der Waals surface area contributed by atoms with Crippen LogP contribution < -0.4 is 24.3 Å². The molecule has 11 nitrogen and oxygen atoms in total. The first kappa shape index (κ1) is 27.2. The van der Waals surface area contributed by atoms with E-state index in [1.807, 2.05) is 6.07 Å². The van der Waals surface area contributed by atoms with Crippen LogP contribution >= 0.6 is 0 Å². The second-order valence-electron chi connectivity index (χ2n) is 7.52. The lowest BCUT2D eigenvalue weighted by molar-refractivity contribution is -0.384. The van der Waals surface area contributed by atoms with Gasteiger partial charge in [-0.15, -0.1) is 0 Å². The maximum absolute atomic E-state index is 12.8. The lowest BCUT2D eigenvalue weighted by Gasteiger charge is -2.12. The van der Waals surface area contributed by atoms with E-state index in [9.17, 15) is 25.0 Å². The van der Waals surface area contributed by atoms with Crippen molar-refractivity contribution in [2.24, 2.45) is 0 Å². The minimum Gasteiger partial charge on any atom is -0.497 e. The molecule has 0 aliphatic heterocycles. The minimum absolute atomic E-state index is 0.0616. The number of amides is 1. The summed E-state index contributed by atoms with van der Waals surface area (Å²) in [6, 6.07) is 16.5. The molecule has 0 bridgehead atoms. The zero-order valence-electron chi connectivity index (χ0n) is 20.7. The summed E-state index contributed by atoms with van der Waals surface area (Å²) >= 11 is 0. The van der Waals surface area contributed by atoms with Gasteiger partial charge in [-0.25, -0.2) is 4.79 Å². The van der Waals surface area contributed by atoms with Crippen LogP contribution in [0, 0.1) is 21.4 Å². The summed E-state index contributed by atoms with van der Waals surface area (Å²) in [6.07, 6.45) is 1.32. The van der Waals surface area contributed by atoms with Gasteiger partial charge in [0.2, 0.25) is 0 Å². The number of nitro groups is 1. The molecule has 194 valence electrons. The van der Waals surface area contributed by atoms with E-state index in [1.165, 1.54) is 44.6 Å². The number of anilines is 1. The zero-order chi connectivity index (χ0) is 27.7. The summed E-state index contributed by atoms with van der Waals surface area (Å²) in [5.74, 6) is -0.316. The van der Waals surface area contributed by atoms with Crippen LogP contribution in [0.5, 0.6) is 23.0 Å². The molecule has 1 N–H and O–H groups in total. The second-order valence-corrected chi connectivity index (χ2v) is 7.52. The normalized spacial score (nSPS) is 10.6. The number of hydrogen-bond donors (Lipinski definition) is 1. The number of carbonyl (C=O) groups is 2. The Hall–Kier alpha value is -5.37. The maximum Gasteiger partial charge on any atom is 0.343 e. The van der Waals surface area contributed by atoms with E-state index in [2.05, 4.69) is 5.32 Å². The van der Waals surface area contributed by atoms with Gasteiger partial charge in [-0.3, -0.25) is 14.9 Å². The van der Waals surface area contributed by atoms with Gasteiger partial charge in [0.1, 0.15) is 23.1 Å². The first-order valence-electron chi connectivity index (χ1n) is 11.2. The van der Waals surface area contributed by atoms with Crippen LogP contribution in [0.25, 0.3) is 6.08 Å². The monoisotopic (exact) mass is 517 g/mol. The number of nitro benzene ring substituents is 1. The third-order valence-electron chi connectivity index (χ3n) is 5.12. The number of hydrogen-bond acceptors (Lipinski definition) is 9. The molecule has 0 heterocycles. The van der Waals surface area contributed by atoms with Crippen LogP contribution in [0.4, 0.5) is 11.4 Å². The number of benzene rings is 3. The Labute approximate surface area is 218 Å². The molecule has 0 aliphatic rings. The number of non-ortho nitro benzene ring substituents is 1. The highest BCUT2D eigenvalue weighted by atomic mass is 16.6. The molecule has 11 heteroatoms. The number of nitrogens with one attached hydrogen (secondary N) is 1. The smallest absolute Gasteiger partial charge is 0.343 e. The predicted octanol–water partition coefficient (Wildman–Crippen LogP) is 4.78. The fraction of sp³-hybridized carbons (Fsp3) is 0.148. The molecule has 0 fully saturated rings. The lowest BCUT2D eigenvalue weighted by Crippen LogP contribution is -2.14. The van der Waals surface area contributed by atoms with Crippen molar-refractivity contribution in [3.05, 3.63) is 87.5 Å². The highest BCUT2D eigenvalue weighted by molar-refractivity contribution is 6.10. The minimum atomic E-state index is -0.757. The molecule has 3 aromatic carbocycles. The van der Waals surface area contributed by atoms with Crippen molar-refractivity contribution in [3.8, 4) is 29.1 Å². The molecule has 0 saturated heterocycles. The van der Waals surface area contributed by atoms with Crippen molar-refractivity contribution in [2.45, 2.75) is 6.92 Å². The van der Waals surface area contributed by atoms with Gasteiger partial charge in [-0.1, -0.05) is 6.07 Å². The molecule has 0 radical (unpaired) electrons. The van der Waals surface area contributed by atoms with Crippen molar-refractivity contribution in [2.75, 3.05) is 26.1 Å². The maximum atomic E-state index is 12.8. The SMILES string of the molecule is CCOc1cc(/C=C(\C#N)C(=O)Nc2ccc([N+](=O)[O-])cc2OC)ccc1OC(=O)c1ccc(OC)cc1. The Morgan fingerprint density at radius 1 is 1.00 bits per heavy atom. The van der Waals surface area contributed by atoms with E-state index >= 15 is 0 Å². The Bertz CT molecular complexity index is 1430. The summed E-state index contributed by atoms with van der Waals surface area (Å²) in [5.41, 5.74) is 0.422. The molecule has 0 spiro atoms. The molecule has 38 heavy (non-hydrogen) atoms. The van der Waals surface area contributed by atoms with Crippen molar-refractivity contribution >= 4 is 29.3 Å². The summed E-state index contributed by atoms with van der Waals surface area (Å²) in [6.45, 7) is 2.02. The van der Waals surface area contributed by atoms with Crippen molar-refractivity contribution in [1.82, 2.24) is 0 Å². The van der Waals surface area contributed by atoms with Crippen LogP contribution in [0.3, 0.4) is 0 Å². The quantitative estimate of drug-likeness (QED) is 0.100. The average molecular weight is 517 g/mol. The average Bonchev–Trinajstić information content (AvgIpc) is 2.93. The number of methoxy groups -OCH3 is 2. The number of ether oxygens (including phenoxy) is 4. The van der Waals surface area contributed by atoms with E-state index in [0.29, 0.717) is 16.9 Å². The third kappa shape index (κ3) is 6.64. The van der Waals surface area contributed by atoms with E-state index in [1.54, 1.807) is 37.3 Å². The molecule has 0 saturated carbocycles. The first-order valence-corrected chi connectivity index (χ1v) is 11.2. The molecule has 0 aromatic heterocycles. The lowest BCUT2D eigenvalue weighted by atomic mass is 10.1. The fourth-order valence-electron chi connectivity index (χ4n) is 3.25. The van der Waals surface area contributed by atoms with Crippen LogP contribution in [0.15, 0.2) is 66.2 Å². The summed E-state index contributed by atoms with van der Waals surface area (Å²) in [7, 11) is 2.82. The third-order valence-corrected chi connectivity index (χ3v) is 5.12. The van der Waals surface area contributed by atoms with Crippen LogP contribution in [-0.2, 0) is 4.79 Å². The van der Waals surface area contributed by atoms with Crippen LogP contribution in [-0.4, -0.2) is 37.6 Å². The van der Waals surface area contributed by atoms with Crippen LogP contribution in [0.2, 0.25) is 0 Å². The van der Waals surface area contributed by atoms with E-state index in [-0.39, 0.29) is 40.8 Å². The molecule has 0 aliphatic carbocycles. The molecule has 3 aromatic rings. The van der Waals surface area contributed by atoms with Crippen molar-refractivity contribution in [3.63, 3.8) is 0 Å². The van der Waals surface area contributed by atoms with Crippen LogP contribution in [0.1, 0.15) is 22.8 Å². The molecular formula is C27H23N3O8. The number of esters is 1. The molecule has 3 rings (SSSR count). The van der Waals surface area contributed by atoms with Gasteiger partial charge < -0.3 is 24.3 Å². The summed E-state index contributed by atoms with van der Waals surface area (Å²) in [5, 5.41) is 23.1. The van der Waals surface area contributed by atoms with Gasteiger partial charge in [0, 0.05) is 6.07 Å². The van der Waals surface area contributed by atoms with Crippen molar-refractivity contribution in [1.29, 1.82) is 5.26 Å². The Kier molecular flexibility index (Phi) is 8.99. The Balaban J connectivity index is 1.83. The van der Waals surface area contributed by atoms with Gasteiger partial charge in [-0.05, 0) is 61.0 Å². The van der Waals surface area contributed by atoms with Gasteiger partial charge in [0.25, 0.3) is 11.6 Å². The van der Waals surface area contributed by atoms with Gasteiger partial charge in [0.05, 0.1) is 43.1 Å². The number of rotatable bonds is 10. The Morgan fingerprint density at radius 3 is 2.34 bits per heavy atom. The van der Waals surface area contributed by atoms with E-state index in [4.69, 9.17) is 18.9 Å². The fourth-order valence-corrected chi connectivity index (χ4v) is 3.25. The second kappa shape index (κ2) is 12.5. The molecule has 0 unspecified atom stereocenters. The number of carbonyl (C=O) groups excluding carboxylic acids is 2.